The first-order valence-electron chi connectivity index (χ1n) is 14.6. The zero-order valence-electron chi connectivity index (χ0n) is 24.4. The van der Waals surface area contributed by atoms with Crippen LogP contribution in [0.25, 0.3) is 0 Å². The number of ether oxygens (including phenoxy) is 1. The van der Waals surface area contributed by atoms with Gasteiger partial charge in [-0.15, -0.1) is 0 Å². The topological polar surface area (TPSA) is 104 Å². The lowest BCUT2D eigenvalue weighted by molar-refractivity contribution is -0.136. The number of para-hydroxylation sites is 1. The highest BCUT2D eigenvalue weighted by Crippen LogP contribution is 2.38. The van der Waals surface area contributed by atoms with Gasteiger partial charge < -0.3 is 20.3 Å². The molecular weight excluding hydrogens is 554 g/mol. The summed E-state index contributed by atoms with van der Waals surface area (Å²) in [5, 5.41) is 6.00. The van der Waals surface area contributed by atoms with E-state index in [-0.39, 0.29) is 24.4 Å². The number of nitrogens with one attached hydrogen (secondary N) is 2. The molecule has 0 aliphatic carbocycles. The number of benzene rings is 3. The van der Waals surface area contributed by atoms with E-state index in [9.17, 15) is 14.4 Å². The van der Waals surface area contributed by atoms with Gasteiger partial charge in [-0.05, 0) is 47.5 Å². The van der Waals surface area contributed by atoms with Crippen LogP contribution in [-0.4, -0.2) is 58.8 Å². The summed E-state index contributed by atoms with van der Waals surface area (Å²) < 4.78 is 6.03. The first kappa shape index (κ1) is 28.7. The third-order valence-corrected chi connectivity index (χ3v) is 7.92. The highest BCUT2D eigenvalue weighted by atomic mass is 16.5. The Kier molecular flexibility index (Phi) is 8.36. The molecule has 3 heterocycles. The van der Waals surface area contributed by atoms with Crippen LogP contribution in [0.3, 0.4) is 0 Å². The molecule has 222 valence electrons. The lowest BCUT2D eigenvalue weighted by Gasteiger charge is -2.31. The maximum Gasteiger partial charge on any atom is 0.322 e. The minimum Gasteiger partial charge on any atom is -0.457 e. The summed E-state index contributed by atoms with van der Waals surface area (Å²) in [6, 6.07) is 30.3. The monoisotopic (exact) mass is 587 g/mol. The van der Waals surface area contributed by atoms with Crippen molar-refractivity contribution in [3.8, 4) is 11.5 Å². The van der Waals surface area contributed by atoms with Crippen LogP contribution >= 0.6 is 0 Å². The van der Waals surface area contributed by atoms with Crippen LogP contribution in [0.2, 0.25) is 0 Å². The largest absolute Gasteiger partial charge is 0.457 e. The van der Waals surface area contributed by atoms with Gasteiger partial charge in [0, 0.05) is 38.3 Å². The number of carbonyl (C=O) groups is 3. The minimum absolute atomic E-state index is 0.139. The first-order valence-corrected chi connectivity index (χ1v) is 14.6. The summed E-state index contributed by atoms with van der Waals surface area (Å²) in [5.74, 6) is 0.722. The summed E-state index contributed by atoms with van der Waals surface area (Å²) >= 11 is 0. The molecule has 1 aromatic heterocycles. The van der Waals surface area contributed by atoms with Crippen molar-refractivity contribution in [1.29, 1.82) is 0 Å². The predicted octanol–water partition coefficient (Wildman–Crippen LogP) is 4.64. The summed E-state index contributed by atoms with van der Waals surface area (Å²) in [7, 11) is 1.64. The van der Waals surface area contributed by atoms with E-state index < -0.39 is 12.1 Å². The summed E-state index contributed by atoms with van der Waals surface area (Å²) in [5.41, 5.74) is 3.54. The molecule has 6 rings (SSSR count). The van der Waals surface area contributed by atoms with Crippen molar-refractivity contribution < 1.29 is 19.1 Å². The fraction of sp³-hybridized carbons (Fsp3) is 0.200. The Labute approximate surface area is 256 Å². The number of aromatic nitrogens is 1. The third-order valence-electron chi connectivity index (χ3n) is 7.92. The van der Waals surface area contributed by atoms with Crippen LogP contribution in [0.1, 0.15) is 22.9 Å². The molecule has 0 saturated heterocycles. The van der Waals surface area contributed by atoms with Crippen LogP contribution in [0.4, 0.5) is 4.79 Å². The molecule has 0 spiro atoms. The highest BCUT2D eigenvalue weighted by Gasteiger charge is 2.46. The molecule has 0 saturated carbocycles. The molecule has 4 aromatic rings. The van der Waals surface area contributed by atoms with Crippen molar-refractivity contribution in [3.05, 3.63) is 137 Å². The van der Waals surface area contributed by atoms with Gasteiger partial charge in [-0.1, -0.05) is 66.7 Å². The minimum atomic E-state index is -0.781. The zero-order chi connectivity index (χ0) is 30.5. The SMILES string of the molecule is CN1C(=O)N[C@@H](c2cccc(Oc3ccccc3)c2)C2=C1CN([C@H](Cc1ccccc1)C(=O)NCCc1ccccn1)C2=O. The number of hydrogen-bond donors (Lipinski definition) is 2. The van der Waals surface area contributed by atoms with Gasteiger partial charge in [-0.2, -0.15) is 0 Å². The second-order valence-electron chi connectivity index (χ2n) is 10.8. The van der Waals surface area contributed by atoms with E-state index in [1.807, 2.05) is 103 Å². The molecule has 0 radical (unpaired) electrons. The van der Waals surface area contributed by atoms with Crippen molar-refractivity contribution >= 4 is 17.8 Å². The number of hydrogen-bond acceptors (Lipinski definition) is 5. The fourth-order valence-corrected chi connectivity index (χ4v) is 5.63. The Hall–Kier alpha value is -5.44. The fourth-order valence-electron chi connectivity index (χ4n) is 5.63. The zero-order valence-corrected chi connectivity index (χ0v) is 24.4. The maximum atomic E-state index is 14.3. The van der Waals surface area contributed by atoms with Gasteiger partial charge in [-0.3, -0.25) is 19.5 Å². The number of amides is 4. The smallest absolute Gasteiger partial charge is 0.322 e. The first-order chi connectivity index (χ1) is 21.5. The van der Waals surface area contributed by atoms with Gasteiger partial charge in [0.1, 0.15) is 17.5 Å². The van der Waals surface area contributed by atoms with E-state index in [4.69, 9.17) is 4.74 Å². The molecule has 44 heavy (non-hydrogen) atoms. The summed E-state index contributed by atoms with van der Waals surface area (Å²) in [6.07, 6.45) is 2.62. The molecule has 9 nitrogen and oxygen atoms in total. The van der Waals surface area contributed by atoms with E-state index in [1.165, 1.54) is 4.90 Å². The van der Waals surface area contributed by atoms with Crippen LogP contribution < -0.4 is 15.4 Å². The van der Waals surface area contributed by atoms with Crippen molar-refractivity contribution in [1.82, 2.24) is 25.4 Å². The van der Waals surface area contributed by atoms with Crippen LogP contribution in [-0.2, 0) is 22.4 Å². The molecule has 2 N–H and O–H groups in total. The number of rotatable bonds is 10. The number of nitrogens with zero attached hydrogens (tertiary/aromatic N) is 3. The lowest BCUT2D eigenvalue weighted by Crippen LogP contribution is -2.50. The molecule has 0 fully saturated rings. The molecular formula is C35H33N5O4. The third kappa shape index (κ3) is 6.17. The van der Waals surface area contributed by atoms with Gasteiger partial charge in [0.2, 0.25) is 5.91 Å². The molecule has 9 heteroatoms. The van der Waals surface area contributed by atoms with E-state index >= 15 is 0 Å². The second kappa shape index (κ2) is 12.8. The number of carbonyl (C=O) groups excluding carboxylic acids is 3. The Morgan fingerprint density at radius 3 is 2.43 bits per heavy atom. The number of pyridine rings is 1. The molecule has 3 aromatic carbocycles. The molecule has 0 unspecified atom stereocenters. The highest BCUT2D eigenvalue weighted by molar-refractivity contribution is 6.03. The molecule has 0 bridgehead atoms. The second-order valence-corrected chi connectivity index (χ2v) is 10.8. The van der Waals surface area contributed by atoms with Crippen molar-refractivity contribution in [3.63, 3.8) is 0 Å². The van der Waals surface area contributed by atoms with E-state index in [0.717, 1.165) is 11.3 Å². The Morgan fingerprint density at radius 1 is 0.955 bits per heavy atom. The van der Waals surface area contributed by atoms with Crippen molar-refractivity contribution in [2.75, 3.05) is 20.1 Å². The Bertz CT molecular complexity index is 1680. The van der Waals surface area contributed by atoms with Crippen molar-refractivity contribution in [2.45, 2.75) is 24.9 Å². The summed E-state index contributed by atoms with van der Waals surface area (Å²) in [6.45, 7) is 0.521. The normalized spacial score (nSPS) is 16.8. The molecule has 2 aliphatic heterocycles. The summed E-state index contributed by atoms with van der Waals surface area (Å²) in [4.78, 5) is 48.5. The molecule has 2 atom stereocenters. The Balaban J connectivity index is 1.26. The van der Waals surface area contributed by atoms with Gasteiger partial charge in [0.15, 0.2) is 0 Å². The maximum absolute atomic E-state index is 14.3. The average Bonchev–Trinajstić information content (AvgIpc) is 3.40. The quantitative estimate of drug-likeness (QED) is 0.282. The van der Waals surface area contributed by atoms with Crippen LogP contribution in [0.15, 0.2) is 121 Å². The van der Waals surface area contributed by atoms with Gasteiger partial charge >= 0.3 is 6.03 Å². The number of urea groups is 1. The lowest BCUT2D eigenvalue weighted by atomic mass is 9.95. The van der Waals surface area contributed by atoms with E-state index in [1.54, 1.807) is 18.1 Å². The van der Waals surface area contributed by atoms with Gasteiger partial charge in [0.05, 0.1) is 23.9 Å². The molecule has 2 aliphatic rings. The molecule has 4 amide bonds. The van der Waals surface area contributed by atoms with Gasteiger partial charge in [-0.25, -0.2) is 4.79 Å². The standard InChI is InChI=1S/C35H33N5O4/c1-39-30-23-40(29(21-24-11-4-2-5-12-24)33(41)37-20-18-26-14-8-9-19-36-26)34(42)31(30)32(38-35(39)43)25-13-10-17-28(22-25)44-27-15-6-3-7-16-27/h2-17,19,22,29,32H,18,20-21,23H2,1H3,(H,37,41)(H,38,43)/t29-,32+/m1/s1. The average molecular weight is 588 g/mol. The number of likely N-dealkylation sites (N-methyl/N-ethyl adjacent to an activating group) is 1. The van der Waals surface area contributed by atoms with Crippen LogP contribution in [0.5, 0.6) is 11.5 Å². The van der Waals surface area contributed by atoms with E-state index in [2.05, 4.69) is 15.6 Å². The van der Waals surface area contributed by atoms with Crippen LogP contribution in [0, 0.1) is 0 Å². The predicted molar refractivity (Wildman–Crippen MR) is 166 cm³/mol. The van der Waals surface area contributed by atoms with Gasteiger partial charge in [0.25, 0.3) is 5.91 Å². The Morgan fingerprint density at radius 2 is 1.68 bits per heavy atom. The van der Waals surface area contributed by atoms with Crippen molar-refractivity contribution in [2.24, 2.45) is 0 Å². The van der Waals surface area contributed by atoms with E-state index in [0.29, 0.717) is 47.7 Å².